The lowest BCUT2D eigenvalue weighted by Gasteiger charge is -2.15. The molecule has 0 radical (unpaired) electrons. The van der Waals surface area contributed by atoms with Gasteiger partial charge in [-0.3, -0.25) is 4.79 Å². The van der Waals surface area contributed by atoms with Crippen molar-refractivity contribution in [2.75, 3.05) is 0 Å². The fourth-order valence-corrected chi connectivity index (χ4v) is 3.72. The molecule has 4 rings (SSSR count). The second-order valence-corrected chi connectivity index (χ2v) is 8.19. The smallest absolute Gasteiger partial charge is 0.279 e. The summed E-state index contributed by atoms with van der Waals surface area (Å²) in [6.07, 6.45) is -9.98. The number of aromatic nitrogens is 3. The summed E-state index contributed by atoms with van der Waals surface area (Å²) >= 11 is 6.03. The Labute approximate surface area is 211 Å². The first-order chi connectivity index (χ1) is 17.4. The van der Waals surface area contributed by atoms with E-state index in [1.54, 1.807) is 42.5 Å². The Balaban J connectivity index is 1.79. The van der Waals surface area contributed by atoms with E-state index >= 15 is 0 Å². The predicted molar refractivity (Wildman–Crippen MR) is 124 cm³/mol. The van der Waals surface area contributed by atoms with Crippen molar-refractivity contribution in [3.05, 3.63) is 106 Å². The van der Waals surface area contributed by atoms with Crippen LogP contribution in [-0.2, 0) is 18.9 Å². The van der Waals surface area contributed by atoms with E-state index in [1.807, 2.05) is 0 Å². The highest BCUT2D eigenvalue weighted by Crippen LogP contribution is 2.36. The van der Waals surface area contributed by atoms with Crippen molar-refractivity contribution in [3.8, 4) is 23.1 Å². The Bertz CT molecular complexity index is 1480. The monoisotopic (exact) mass is 533 g/mol. The zero-order valence-corrected chi connectivity index (χ0v) is 19.3. The summed E-state index contributed by atoms with van der Waals surface area (Å²) in [6, 6.07) is 15.9. The van der Waals surface area contributed by atoms with Crippen molar-refractivity contribution in [1.82, 2.24) is 15.0 Å². The number of benzene rings is 3. The van der Waals surface area contributed by atoms with Crippen LogP contribution in [-0.4, -0.2) is 20.8 Å². The predicted octanol–water partition coefficient (Wildman–Crippen LogP) is 6.92. The molecule has 0 amide bonds. The summed E-state index contributed by atoms with van der Waals surface area (Å²) in [5, 5.41) is 8.03. The van der Waals surface area contributed by atoms with E-state index in [-0.39, 0.29) is 33.6 Å². The largest absolute Gasteiger partial charge is 0.416 e. The Hall–Kier alpha value is -4.10. The van der Waals surface area contributed by atoms with E-state index in [0.717, 1.165) is 4.68 Å². The first-order valence-electron chi connectivity index (χ1n) is 10.5. The van der Waals surface area contributed by atoms with Crippen LogP contribution in [0.2, 0.25) is 5.02 Å². The van der Waals surface area contributed by atoms with Gasteiger partial charge in [-0.05, 0) is 47.7 Å². The molecular weight excluding hydrogens is 520 g/mol. The molecule has 0 unspecified atom stereocenters. The maximum Gasteiger partial charge on any atom is 0.416 e. The summed E-state index contributed by atoms with van der Waals surface area (Å²) in [6.45, 7) is -0.468. The molecule has 0 spiro atoms. The van der Waals surface area contributed by atoms with Crippen molar-refractivity contribution >= 4 is 17.4 Å². The molecule has 0 N–H and O–H groups in total. The number of ketones is 1. The van der Waals surface area contributed by atoms with Gasteiger partial charge in [0.1, 0.15) is 5.69 Å². The number of rotatable bonds is 4. The van der Waals surface area contributed by atoms with E-state index in [2.05, 4.69) is 22.2 Å². The molecule has 1 aromatic heterocycles. The molecule has 4 aromatic rings. The van der Waals surface area contributed by atoms with Gasteiger partial charge in [0.25, 0.3) is 0 Å². The highest BCUT2D eigenvalue weighted by Gasteiger charge is 2.37. The van der Waals surface area contributed by atoms with Gasteiger partial charge in [0.15, 0.2) is 5.69 Å². The second-order valence-electron chi connectivity index (χ2n) is 7.78. The summed E-state index contributed by atoms with van der Waals surface area (Å²) in [7, 11) is 0. The van der Waals surface area contributed by atoms with Crippen molar-refractivity contribution in [2.45, 2.75) is 18.9 Å². The summed E-state index contributed by atoms with van der Waals surface area (Å²) in [4.78, 5) is 12.5. The average Bonchev–Trinajstić information content (AvgIpc) is 3.24. The van der Waals surface area contributed by atoms with Crippen molar-refractivity contribution in [2.24, 2.45) is 0 Å². The van der Waals surface area contributed by atoms with Crippen LogP contribution in [0.15, 0.2) is 72.8 Å². The molecule has 11 heteroatoms. The van der Waals surface area contributed by atoms with Crippen LogP contribution in [0.25, 0.3) is 11.3 Å². The topological polar surface area (TPSA) is 47.8 Å². The zero-order valence-electron chi connectivity index (χ0n) is 18.5. The quantitative estimate of drug-likeness (QED) is 0.163. The Morgan fingerprint density at radius 2 is 1.46 bits per heavy atom. The van der Waals surface area contributed by atoms with E-state index in [4.69, 9.17) is 11.6 Å². The molecule has 0 bridgehead atoms. The lowest BCUT2D eigenvalue weighted by Crippen LogP contribution is -2.13. The van der Waals surface area contributed by atoms with Gasteiger partial charge in [0, 0.05) is 11.1 Å². The number of carbonyl (C=O) groups is 1. The number of carbonyl (C=O) groups excluding carboxylic acids is 1. The maximum absolute atomic E-state index is 13.3. The van der Waals surface area contributed by atoms with Crippen LogP contribution < -0.4 is 0 Å². The Morgan fingerprint density at radius 1 is 0.865 bits per heavy atom. The third kappa shape index (κ3) is 6.01. The molecule has 0 saturated carbocycles. The molecule has 0 fully saturated rings. The van der Waals surface area contributed by atoms with Gasteiger partial charge < -0.3 is 0 Å². The van der Waals surface area contributed by atoms with Crippen LogP contribution in [0, 0.1) is 11.8 Å². The molecule has 0 atom stereocenters. The molecule has 188 valence electrons. The van der Waals surface area contributed by atoms with Crippen LogP contribution in [0.5, 0.6) is 0 Å². The van der Waals surface area contributed by atoms with Crippen molar-refractivity contribution in [3.63, 3.8) is 0 Å². The number of nitrogens with zero attached hydrogens (tertiary/aromatic N) is 3. The number of hydrogen-bond donors (Lipinski definition) is 0. The minimum Gasteiger partial charge on any atom is -0.279 e. The molecule has 0 aliphatic carbocycles. The fourth-order valence-electron chi connectivity index (χ4n) is 3.50. The normalized spacial score (nSPS) is 11.6. The molecule has 1 heterocycles. The van der Waals surface area contributed by atoms with Gasteiger partial charge in [0.05, 0.1) is 22.7 Å². The average molecular weight is 534 g/mol. The van der Waals surface area contributed by atoms with Crippen LogP contribution in [0.4, 0.5) is 26.3 Å². The molecular formula is C26H14ClF6N3O. The van der Waals surface area contributed by atoms with Gasteiger partial charge in [-0.2, -0.15) is 26.3 Å². The molecule has 37 heavy (non-hydrogen) atoms. The number of alkyl halides is 6. The molecule has 3 aromatic carbocycles. The summed E-state index contributed by atoms with van der Waals surface area (Å²) in [5.74, 6) is 4.41. The van der Waals surface area contributed by atoms with Gasteiger partial charge in [-0.25, -0.2) is 4.68 Å². The molecule has 4 nitrogen and oxygen atoms in total. The SMILES string of the molecule is O=C(C#Cc1nnn(Cc2cc(C(F)(F)F)cc(C(F)(F)F)c2)c1-c1ccccc1)c1ccccc1Cl. The van der Waals surface area contributed by atoms with Crippen molar-refractivity contribution < 1.29 is 31.1 Å². The second kappa shape index (κ2) is 10.1. The highest BCUT2D eigenvalue weighted by molar-refractivity contribution is 6.35. The maximum atomic E-state index is 13.3. The minimum absolute atomic E-state index is 0.00891. The Morgan fingerprint density at radius 3 is 2.05 bits per heavy atom. The number of Topliss-reactive ketones (excluding diaryl/α,β-unsaturated/α-hetero) is 1. The van der Waals surface area contributed by atoms with E-state index < -0.39 is 35.8 Å². The third-order valence-corrected chi connectivity index (χ3v) is 5.50. The van der Waals surface area contributed by atoms with E-state index in [9.17, 15) is 31.1 Å². The van der Waals surface area contributed by atoms with Crippen molar-refractivity contribution in [1.29, 1.82) is 0 Å². The van der Waals surface area contributed by atoms with Gasteiger partial charge in [-0.15, -0.1) is 5.10 Å². The number of halogens is 7. The van der Waals surface area contributed by atoms with Crippen LogP contribution >= 0.6 is 11.6 Å². The summed E-state index contributed by atoms with van der Waals surface area (Å²) < 4.78 is 81.0. The first-order valence-corrected chi connectivity index (χ1v) is 10.9. The molecule has 0 saturated heterocycles. The zero-order chi connectivity index (χ0) is 26.8. The van der Waals surface area contributed by atoms with E-state index in [0.29, 0.717) is 17.7 Å². The van der Waals surface area contributed by atoms with Crippen LogP contribution in [0.3, 0.4) is 0 Å². The first kappa shape index (κ1) is 26.0. The standard InChI is InChI=1S/C26H14ClF6N3O/c27-21-9-5-4-8-20(21)23(37)11-10-22-24(17-6-2-1-3-7-17)36(35-34-22)15-16-12-18(25(28,29)30)14-19(13-16)26(31,32)33/h1-9,12-14H,15H2. The fraction of sp³-hybridized carbons (Fsp3) is 0.115. The van der Waals surface area contributed by atoms with Gasteiger partial charge in [-0.1, -0.05) is 59.3 Å². The minimum atomic E-state index is -4.99. The Kier molecular flexibility index (Phi) is 7.09. The molecule has 0 aliphatic rings. The third-order valence-electron chi connectivity index (χ3n) is 5.18. The highest BCUT2D eigenvalue weighted by atomic mass is 35.5. The van der Waals surface area contributed by atoms with Gasteiger partial charge >= 0.3 is 12.4 Å². The van der Waals surface area contributed by atoms with Gasteiger partial charge in [0.2, 0.25) is 5.78 Å². The number of hydrogen-bond acceptors (Lipinski definition) is 3. The summed E-state index contributed by atoms with van der Waals surface area (Å²) in [5.41, 5.74) is -2.30. The van der Waals surface area contributed by atoms with E-state index in [1.165, 1.54) is 12.1 Å². The lowest BCUT2D eigenvalue weighted by atomic mass is 10.0. The van der Waals surface area contributed by atoms with Crippen LogP contribution in [0.1, 0.15) is 32.7 Å². The molecule has 0 aliphatic heterocycles. The lowest BCUT2D eigenvalue weighted by molar-refractivity contribution is -0.143.